The molecule has 0 amide bonds. The van der Waals surface area contributed by atoms with Gasteiger partial charge in [-0.05, 0) is 18.6 Å². The van der Waals surface area contributed by atoms with Crippen molar-refractivity contribution in [2.75, 3.05) is 7.11 Å². The number of carbonyl (C=O) groups excluding carboxylic acids is 1. The molecule has 0 N–H and O–H groups in total. The van der Waals surface area contributed by atoms with Gasteiger partial charge in [-0.25, -0.2) is 14.8 Å². The second-order valence-electron chi connectivity index (χ2n) is 6.32. The van der Waals surface area contributed by atoms with Gasteiger partial charge in [-0.3, -0.25) is 13.9 Å². The van der Waals surface area contributed by atoms with E-state index < -0.39 is 22.5 Å². The molecular weight excluding hydrogens is 396 g/mol. The maximum absolute atomic E-state index is 12.8. The third kappa shape index (κ3) is 3.75. The molecule has 3 rings (SSSR count). The van der Waals surface area contributed by atoms with Gasteiger partial charge in [-0.1, -0.05) is 30.8 Å². The number of benzene rings is 1. The van der Waals surface area contributed by atoms with Crippen LogP contribution in [-0.2, 0) is 18.9 Å². The van der Waals surface area contributed by atoms with Crippen LogP contribution in [0.25, 0.3) is 22.4 Å². The van der Waals surface area contributed by atoms with E-state index in [4.69, 9.17) is 4.74 Å². The maximum atomic E-state index is 12.8. The highest BCUT2D eigenvalue weighted by atomic mass is 32.2. The van der Waals surface area contributed by atoms with Crippen molar-refractivity contribution in [1.29, 1.82) is 0 Å². The van der Waals surface area contributed by atoms with Crippen LogP contribution in [0.4, 0.5) is 0 Å². The summed E-state index contributed by atoms with van der Waals surface area (Å²) in [5.41, 5.74) is -0.402. The molecule has 0 aliphatic heterocycles. The van der Waals surface area contributed by atoms with Crippen molar-refractivity contribution in [1.82, 2.24) is 19.1 Å². The molecule has 0 radical (unpaired) electrons. The number of hydrogen-bond acceptors (Lipinski definition) is 8. The van der Waals surface area contributed by atoms with E-state index in [0.29, 0.717) is 11.3 Å². The number of rotatable bonds is 6. The second-order valence-corrected chi connectivity index (χ2v) is 7.51. The molecular formula is C19H19N4O5S-. The zero-order chi connectivity index (χ0) is 21.3. The Labute approximate surface area is 170 Å². The molecule has 10 heteroatoms. The van der Waals surface area contributed by atoms with E-state index >= 15 is 0 Å². The van der Waals surface area contributed by atoms with E-state index in [0.717, 1.165) is 16.3 Å². The number of thioether (sulfide) groups is 1. The van der Waals surface area contributed by atoms with Crippen molar-refractivity contribution < 1.29 is 14.6 Å². The standard InChI is InChI=1S/C19H20N4O5S/c1-5-12(18(25)26)29-16-13-15(22(2)19(27)23(3)17(13)24)20-14(21-16)10-7-6-8-11(9-10)28-4/h6-9,12H,5H2,1-4H3,(H,25,26)/p-1/t12-/m1/s1. The lowest BCUT2D eigenvalue weighted by atomic mass is 10.2. The van der Waals surface area contributed by atoms with Gasteiger partial charge in [-0.2, -0.15) is 0 Å². The highest BCUT2D eigenvalue weighted by Gasteiger charge is 2.21. The van der Waals surface area contributed by atoms with Crippen LogP contribution in [0.1, 0.15) is 13.3 Å². The van der Waals surface area contributed by atoms with E-state index in [9.17, 15) is 19.5 Å². The van der Waals surface area contributed by atoms with E-state index in [1.54, 1.807) is 31.2 Å². The van der Waals surface area contributed by atoms with Gasteiger partial charge in [0.15, 0.2) is 11.5 Å². The number of nitrogens with zero attached hydrogens (tertiary/aromatic N) is 4. The molecule has 0 aliphatic rings. The number of fused-ring (bicyclic) bond motifs is 1. The van der Waals surface area contributed by atoms with Crippen molar-refractivity contribution in [2.45, 2.75) is 23.6 Å². The Morgan fingerprint density at radius 2 is 1.97 bits per heavy atom. The number of hydrogen-bond donors (Lipinski definition) is 0. The van der Waals surface area contributed by atoms with Gasteiger partial charge in [0.05, 0.1) is 18.3 Å². The SMILES string of the molecule is CC[C@@H](Sc1nc(-c2cccc(OC)c2)nc2c1c(=O)n(C)c(=O)n2C)C(=O)[O-]. The average molecular weight is 415 g/mol. The van der Waals surface area contributed by atoms with E-state index in [1.807, 2.05) is 0 Å². The molecule has 0 spiro atoms. The molecule has 2 heterocycles. The minimum absolute atomic E-state index is 0.0888. The number of carboxylic acids is 1. The summed E-state index contributed by atoms with van der Waals surface area (Å²) < 4.78 is 7.42. The van der Waals surface area contributed by atoms with Crippen LogP contribution in [0.5, 0.6) is 5.75 Å². The van der Waals surface area contributed by atoms with Gasteiger partial charge in [0.2, 0.25) is 0 Å². The lowest BCUT2D eigenvalue weighted by Crippen LogP contribution is -2.38. The number of aromatic nitrogens is 4. The molecule has 0 saturated carbocycles. The van der Waals surface area contributed by atoms with Gasteiger partial charge in [0.25, 0.3) is 5.56 Å². The van der Waals surface area contributed by atoms with Gasteiger partial charge < -0.3 is 14.6 Å². The lowest BCUT2D eigenvalue weighted by molar-refractivity contribution is -0.304. The lowest BCUT2D eigenvalue weighted by Gasteiger charge is -2.17. The predicted octanol–water partition coefficient (Wildman–Crippen LogP) is 0.323. The monoisotopic (exact) mass is 415 g/mol. The number of ether oxygens (including phenoxy) is 1. The third-order valence-corrected chi connectivity index (χ3v) is 5.81. The van der Waals surface area contributed by atoms with Crippen LogP contribution in [0.2, 0.25) is 0 Å². The number of carbonyl (C=O) groups is 1. The highest BCUT2D eigenvalue weighted by molar-refractivity contribution is 8.00. The van der Waals surface area contributed by atoms with E-state index in [-0.39, 0.29) is 28.3 Å². The molecule has 0 bridgehead atoms. The van der Waals surface area contributed by atoms with Crippen LogP contribution >= 0.6 is 11.8 Å². The topological polar surface area (TPSA) is 119 Å². The van der Waals surface area contributed by atoms with Crippen LogP contribution < -0.4 is 21.1 Å². The van der Waals surface area contributed by atoms with E-state index in [1.165, 1.54) is 25.8 Å². The van der Waals surface area contributed by atoms with Crippen LogP contribution in [0.15, 0.2) is 38.9 Å². The fourth-order valence-corrected chi connectivity index (χ4v) is 3.81. The Balaban J connectivity index is 2.37. The summed E-state index contributed by atoms with van der Waals surface area (Å²) in [6.07, 6.45) is 0.277. The molecule has 1 atom stereocenters. The molecule has 2 aromatic heterocycles. The first-order valence-corrected chi connectivity index (χ1v) is 9.66. The van der Waals surface area contributed by atoms with Gasteiger partial charge in [-0.15, -0.1) is 0 Å². The first-order chi connectivity index (χ1) is 13.8. The van der Waals surface area contributed by atoms with Gasteiger partial charge in [0.1, 0.15) is 16.2 Å². The normalized spacial score (nSPS) is 12.1. The number of aliphatic carboxylic acids is 1. The number of carboxylic acid groups (broad SMARTS) is 1. The minimum Gasteiger partial charge on any atom is -0.549 e. The van der Waals surface area contributed by atoms with Gasteiger partial charge >= 0.3 is 5.69 Å². The van der Waals surface area contributed by atoms with Crippen molar-refractivity contribution in [3.05, 3.63) is 45.1 Å². The predicted molar refractivity (Wildman–Crippen MR) is 107 cm³/mol. The minimum atomic E-state index is -1.26. The maximum Gasteiger partial charge on any atom is 0.332 e. The Morgan fingerprint density at radius 3 is 2.59 bits per heavy atom. The first kappa shape index (κ1) is 20.6. The molecule has 1 aromatic carbocycles. The highest BCUT2D eigenvalue weighted by Crippen LogP contribution is 2.30. The molecule has 152 valence electrons. The molecule has 9 nitrogen and oxygen atoms in total. The van der Waals surface area contributed by atoms with Crippen LogP contribution in [0, 0.1) is 0 Å². The van der Waals surface area contributed by atoms with Crippen molar-refractivity contribution in [3.63, 3.8) is 0 Å². The van der Waals surface area contributed by atoms with Crippen molar-refractivity contribution >= 4 is 28.8 Å². The average Bonchev–Trinajstić information content (AvgIpc) is 2.73. The zero-order valence-electron chi connectivity index (χ0n) is 16.3. The fourth-order valence-electron chi connectivity index (χ4n) is 2.84. The molecule has 0 aliphatic carbocycles. The summed E-state index contributed by atoms with van der Waals surface area (Å²) in [4.78, 5) is 45.5. The first-order valence-electron chi connectivity index (χ1n) is 8.78. The molecule has 0 unspecified atom stereocenters. The summed E-state index contributed by atoms with van der Waals surface area (Å²) >= 11 is 0.909. The summed E-state index contributed by atoms with van der Waals surface area (Å²) in [7, 11) is 4.38. The Kier molecular flexibility index (Phi) is 5.73. The zero-order valence-corrected chi connectivity index (χ0v) is 17.1. The summed E-state index contributed by atoms with van der Waals surface area (Å²) in [6, 6.07) is 6.99. The van der Waals surface area contributed by atoms with E-state index in [2.05, 4.69) is 9.97 Å². The Bertz CT molecular complexity index is 1220. The molecule has 3 aromatic rings. The summed E-state index contributed by atoms with van der Waals surface area (Å²) in [5.74, 6) is -0.427. The number of aryl methyl sites for hydroxylation is 1. The fraction of sp³-hybridized carbons (Fsp3) is 0.316. The van der Waals surface area contributed by atoms with Gasteiger partial charge in [0, 0.05) is 19.7 Å². The Morgan fingerprint density at radius 1 is 1.24 bits per heavy atom. The molecule has 0 fully saturated rings. The number of methoxy groups -OCH3 is 1. The summed E-state index contributed by atoms with van der Waals surface area (Å²) in [5, 5.41) is 10.8. The quantitative estimate of drug-likeness (QED) is 0.417. The van der Waals surface area contributed by atoms with Crippen molar-refractivity contribution in [3.8, 4) is 17.1 Å². The smallest absolute Gasteiger partial charge is 0.332 e. The van der Waals surface area contributed by atoms with Crippen LogP contribution in [-0.4, -0.2) is 37.4 Å². The molecule has 0 saturated heterocycles. The largest absolute Gasteiger partial charge is 0.549 e. The third-order valence-electron chi connectivity index (χ3n) is 4.48. The van der Waals surface area contributed by atoms with Crippen LogP contribution in [0.3, 0.4) is 0 Å². The Hall–Kier alpha value is -3.14. The van der Waals surface area contributed by atoms with Crippen molar-refractivity contribution in [2.24, 2.45) is 14.1 Å². The second kappa shape index (κ2) is 8.08. The summed E-state index contributed by atoms with van der Waals surface area (Å²) in [6.45, 7) is 1.70. The molecule has 29 heavy (non-hydrogen) atoms.